The van der Waals surface area contributed by atoms with E-state index in [0.29, 0.717) is 24.8 Å². The topological polar surface area (TPSA) is 46.2 Å². The second kappa shape index (κ2) is 3.33. The van der Waals surface area contributed by atoms with Crippen LogP contribution in [0.1, 0.15) is 18.4 Å². The molecule has 0 saturated heterocycles. The van der Waals surface area contributed by atoms with E-state index in [-0.39, 0.29) is 11.9 Å². The second-order valence-electron chi connectivity index (χ2n) is 4.16. The molecule has 1 fully saturated rings. The van der Waals surface area contributed by atoms with E-state index in [1.165, 1.54) is 6.07 Å². The molecular weight excluding hydrogens is 181 g/mol. The van der Waals surface area contributed by atoms with Crippen LogP contribution in [0.25, 0.3) is 0 Å². The molecule has 2 rings (SSSR count). The van der Waals surface area contributed by atoms with Crippen LogP contribution >= 0.6 is 0 Å². The fourth-order valence-electron chi connectivity index (χ4n) is 2.06. The molecule has 3 heteroatoms. The van der Waals surface area contributed by atoms with Gasteiger partial charge in [-0.25, -0.2) is 4.39 Å². The van der Waals surface area contributed by atoms with Gasteiger partial charge in [0.1, 0.15) is 5.82 Å². The summed E-state index contributed by atoms with van der Waals surface area (Å²) in [4.78, 5) is 0. The Morgan fingerprint density at radius 1 is 1.43 bits per heavy atom. The molecule has 1 aromatic rings. The smallest absolute Gasteiger partial charge is 0.126 e. The highest BCUT2D eigenvalue weighted by Gasteiger charge is 2.40. The van der Waals surface area contributed by atoms with E-state index in [2.05, 4.69) is 0 Å². The van der Waals surface area contributed by atoms with Crippen LogP contribution in [0.3, 0.4) is 0 Å². The summed E-state index contributed by atoms with van der Waals surface area (Å²) in [5.41, 5.74) is 5.39. The van der Waals surface area contributed by atoms with E-state index in [1.807, 2.05) is 0 Å². The van der Waals surface area contributed by atoms with Crippen molar-refractivity contribution >= 4 is 0 Å². The van der Waals surface area contributed by atoms with E-state index in [1.54, 1.807) is 18.2 Å². The monoisotopic (exact) mass is 195 g/mol. The molecular formula is C11H14FNO. The van der Waals surface area contributed by atoms with Gasteiger partial charge in [0.05, 0.1) is 5.60 Å². The van der Waals surface area contributed by atoms with E-state index < -0.39 is 5.60 Å². The Balaban J connectivity index is 2.08. The van der Waals surface area contributed by atoms with Gasteiger partial charge in [0.25, 0.3) is 0 Å². The maximum Gasteiger partial charge on any atom is 0.126 e. The molecule has 1 saturated carbocycles. The van der Waals surface area contributed by atoms with Gasteiger partial charge in [-0.1, -0.05) is 18.2 Å². The van der Waals surface area contributed by atoms with Crippen molar-refractivity contribution in [2.45, 2.75) is 30.9 Å². The van der Waals surface area contributed by atoms with Crippen molar-refractivity contribution in [3.63, 3.8) is 0 Å². The van der Waals surface area contributed by atoms with E-state index >= 15 is 0 Å². The Morgan fingerprint density at radius 2 is 2.07 bits per heavy atom. The van der Waals surface area contributed by atoms with Crippen LogP contribution in [0, 0.1) is 5.82 Å². The van der Waals surface area contributed by atoms with Crippen LogP contribution in [0.2, 0.25) is 0 Å². The van der Waals surface area contributed by atoms with Gasteiger partial charge in [-0.05, 0) is 24.5 Å². The van der Waals surface area contributed by atoms with Gasteiger partial charge < -0.3 is 10.8 Å². The molecule has 14 heavy (non-hydrogen) atoms. The number of rotatable bonds is 2. The normalized spacial score (nSPS) is 31.2. The van der Waals surface area contributed by atoms with Crippen molar-refractivity contribution in [1.29, 1.82) is 0 Å². The third kappa shape index (κ3) is 1.79. The minimum Gasteiger partial charge on any atom is -0.389 e. The molecule has 1 aliphatic carbocycles. The van der Waals surface area contributed by atoms with Crippen LogP contribution in [0.4, 0.5) is 4.39 Å². The number of hydrogen-bond donors (Lipinski definition) is 2. The highest BCUT2D eigenvalue weighted by atomic mass is 19.1. The lowest BCUT2D eigenvalue weighted by molar-refractivity contribution is -0.0460. The van der Waals surface area contributed by atoms with Crippen molar-refractivity contribution in [1.82, 2.24) is 0 Å². The van der Waals surface area contributed by atoms with Gasteiger partial charge in [-0.2, -0.15) is 0 Å². The molecule has 1 aromatic carbocycles. The Morgan fingerprint density at radius 3 is 2.64 bits per heavy atom. The van der Waals surface area contributed by atoms with E-state index in [9.17, 15) is 9.50 Å². The van der Waals surface area contributed by atoms with Crippen LogP contribution in [0.5, 0.6) is 0 Å². The number of aliphatic hydroxyl groups is 1. The van der Waals surface area contributed by atoms with E-state index in [0.717, 1.165) is 0 Å². The number of benzene rings is 1. The van der Waals surface area contributed by atoms with Crippen molar-refractivity contribution in [2.75, 3.05) is 0 Å². The maximum absolute atomic E-state index is 13.2. The molecule has 0 heterocycles. The Hall–Kier alpha value is -0.930. The lowest BCUT2D eigenvalue weighted by Crippen LogP contribution is -2.52. The zero-order chi connectivity index (χ0) is 10.2. The molecule has 3 N–H and O–H groups in total. The standard InChI is InChI=1S/C11H14FNO/c12-10-4-2-1-3-8(10)5-11(14)6-9(13)7-11/h1-4,9,14H,5-7,13H2. The summed E-state index contributed by atoms with van der Waals surface area (Å²) in [7, 11) is 0. The molecule has 0 aromatic heterocycles. The number of hydrogen-bond acceptors (Lipinski definition) is 2. The molecule has 0 atom stereocenters. The highest BCUT2D eigenvalue weighted by Crippen LogP contribution is 2.34. The van der Waals surface area contributed by atoms with Gasteiger partial charge in [0.15, 0.2) is 0 Å². The first-order valence-electron chi connectivity index (χ1n) is 4.80. The van der Waals surface area contributed by atoms with E-state index in [4.69, 9.17) is 5.73 Å². The first kappa shape index (κ1) is 9.62. The van der Waals surface area contributed by atoms with Gasteiger partial charge in [0, 0.05) is 12.5 Å². The van der Waals surface area contributed by atoms with Gasteiger partial charge in [-0.3, -0.25) is 0 Å². The van der Waals surface area contributed by atoms with Gasteiger partial charge >= 0.3 is 0 Å². The van der Waals surface area contributed by atoms with Crippen molar-refractivity contribution in [2.24, 2.45) is 5.73 Å². The lowest BCUT2D eigenvalue weighted by Gasteiger charge is -2.41. The Kier molecular flexibility index (Phi) is 2.29. The summed E-state index contributed by atoms with van der Waals surface area (Å²) < 4.78 is 13.2. The molecule has 0 spiro atoms. The molecule has 0 bridgehead atoms. The molecule has 0 amide bonds. The largest absolute Gasteiger partial charge is 0.389 e. The average Bonchev–Trinajstić information content (AvgIpc) is 2.06. The zero-order valence-electron chi connectivity index (χ0n) is 7.91. The second-order valence-corrected chi connectivity index (χ2v) is 4.16. The first-order valence-corrected chi connectivity index (χ1v) is 4.80. The molecule has 76 valence electrons. The Bertz CT molecular complexity index is 334. The predicted molar refractivity (Wildman–Crippen MR) is 52.3 cm³/mol. The first-order chi connectivity index (χ1) is 6.59. The predicted octanol–water partition coefficient (Wildman–Crippen LogP) is 1.22. The van der Waals surface area contributed by atoms with Crippen molar-refractivity contribution in [3.05, 3.63) is 35.6 Å². The van der Waals surface area contributed by atoms with Crippen molar-refractivity contribution in [3.8, 4) is 0 Å². The highest BCUT2D eigenvalue weighted by molar-refractivity contribution is 5.21. The fraction of sp³-hybridized carbons (Fsp3) is 0.455. The summed E-state index contributed by atoms with van der Waals surface area (Å²) in [6.45, 7) is 0. The summed E-state index contributed by atoms with van der Waals surface area (Å²) in [6, 6.07) is 6.62. The lowest BCUT2D eigenvalue weighted by atomic mass is 9.72. The SMILES string of the molecule is NC1CC(O)(Cc2ccccc2F)C1. The molecule has 2 nitrogen and oxygen atoms in total. The molecule has 0 unspecified atom stereocenters. The average molecular weight is 195 g/mol. The van der Waals surface area contributed by atoms with Crippen LogP contribution in [-0.2, 0) is 6.42 Å². The summed E-state index contributed by atoms with van der Waals surface area (Å²) in [5.74, 6) is -0.249. The molecule has 0 aliphatic heterocycles. The third-order valence-corrected chi connectivity index (χ3v) is 2.76. The molecule has 0 radical (unpaired) electrons. The number of halogens is 1. The third-order valence-electron chi connectivity index (χ3n) is 2.76. The minimum atomic E-state index is -0.776. The molecule has 1 aliphatic rings. The zero-order valence-corrected chi connectivity index (χ0v) is 7.91. The number of nitrogens with two attached hydrogens (primary N) is 1. The fourth-order valence-corrected chi connectivity index (χ4v) is 2.06. The summed E-state index contributed by atoms with van der Waals surface area (Å²) in [5, 5.41) is 9.91. The maximum atomic E-state index is 13.2. The summed E-state index contributed by atoms with van der Waals surface area (Å²) in [6.07, 6.45) is 1.51. The van der Waals surface area contributed by atoms with Crippen LogP contribution in [0.15, 0.2) is 24.3 Å². The van der Waals surface area contributed by atoms with Gasteiger partial charge in [0.2, 0.25) is 0 Å². The quantitative estimate of drug-likeness (QED) is 0.745. The summed E-state index contributed by atoms with van der Waals surface area (Å²) >= 11 is 0. The minimum absolute atomic E-state index is 0.0757. The van der Waals surface area contributed by atoms with Crippen molar-refractivity contribution < 1.29 is 9.50 Å². The van der Waals surface area contributed by atoms with Crippen LogP contribution < -0.4 is 5.73 Å². The Labute approximate surface area is 82.5 Å². The van der Waals surface area contributed by atoms with Crippen LogP contribution in [-0.4, -0.2) is 16.7 Å². The van der Waals surface area contributed by atoms with Gasteiger partial charge in [-0.15, -0.1) is 0 Å².